The summed E-state index contributed by atoms with van der Waals surface area (Å²) >= 11 is 6.01. The van der Waals surface area contributed by atoms with Gasteiger partial charge in [-0.25, -0.2) is 14.5 Å². The molecule has 5 rings (SSSR count). The second-order valence-electron chi connectivity index (χ2n) is 7.20. The lowest BCUT2D eigenvalue weighted by atomic mass is 10.1. The molecule has 0 atom stereocenters. The van der Waals surface area contributed by atoms with Gasteiger partial charge in [0, 0.05) is 11.6 Å². The van der Waals surface area contributed by atoms with E-state index in [1.807, 2.05) is 0 Å². The number of hydrogen-bond acceptors (Lipinski definition) is 7. The minimum Gasteiger partial charge on any atom is -0.478 e. The molecule has 2 aliphatic rings. The van der Waals surface area contributed by atoms with Crippen LogP contribution in [0.25, 0.3) is 17.4 Å². The summed E-state index contributed by atoms with van der Waals surface area (Å²) in [5.41, 5.74) is 0.309. The number of nitrogens with one attached hydrogen (secondary N) is 1. The van der Waals surface area contributed by atoms with Gasteiger partial charge in [-0.2, -0.15) is 0 Å². The Bertz CT molecular complexity index is 1420. The number of amides is 4. The molecule has 2 aliphatic heterocycles. The summed E-state index contributed by atoms with van der Waals surface area (Å²) in [6.45, 7) is 0.0215. The van der Waals surface area contributed by atoms with Crippen molar-refractivity contribution in [1.29, 1.82) is 0 Å². The van der Waals surface area contributed by atoms with Crippen molar-refractivity contribution >= 4 is 47.2 Å². The summed E-state index contributed by atoms with van der Waals surface area (Å²) in [6, 6.07) is 11.0. The molecule has 11 heteroatoms. The lowest BCUT2D eigenvalue weighted by Gasteiger charge is -2.26. The van der Waals surface area contributed by atoms with E-state index in [1.165, 1.54) is 42.5 Å². The van der Waals surface area contributed by atoms with Crippen molar-refractivity contribution < 1.29 is 38.2 Å². The Morgan fingerprint density at radius 2 is 1.82 bits per heavy atom. The first-order valence-corrected chi connectivity index (χ1v) is 10.1. The van der Waals surface area contributed by atoms with Crippen molar-refractivity contribution in [3.63, 3.8) is 0 Å². The van der Waals surface area contributed by atoms with Crippen LogP contribution in [-0.4, -0.2) is 35.7 Å². The maximum absolute atomic E-state index is 13.1. The van der Waals surface area contributed by atoms with Gasteiger partial charge in [-0.3, -0.25) is 14.9 Å². The minimum atomic E-state index is -1.16. The molecule has 3 heterocycles. The predicted molar refractivity (Wildman–Crippen MR) is 118 cm³/mol. The SMILES string of the molecule is O=C1NC(=O)N(c2ccc3c(c2)OCO3)C(=O)/C1=C\c1ccc(-c2ccc(C(=O)O)c(Cl)c2)o1. The van der Waals surface area contributed by atoms with E-state index >= 15 is 0 Å². The molecule has 0 unspecified atom stereocenters. The molecule has 0 radical (unpaired) electrons. The zero-order chi connectivity index (χ0) is 24.0. The van der Waals surface area contributed by atoms with Crippen LogP contribution in [0.5, 0.6) is 11.5 Å². The highest BCUT2D eigenvalue weighted by Gasteiger charge is 2.37. The van der Waals surface area contributed by atoms with Crippen molar-refractivity contribution in [2.45, 2.75) is 0 Å². The molecule has 4 amide bonds. The quantitative estimate of drug-likeness (QED) is 0.426. The second-order valence-corrected chi connectivity index (χ2v) is 7.60. The van der Waals surface area contributed by atoms with E-state index in [-0.39, 0.29) is 34.4 Å². The van der Waals surface area contributed by atoms with Crippen LogP contribution in [0.15, 0.2) is 58.5 Å². The molecule has 1 fully saturated rings. The van der Waals surface area contributed by atoms with Gasteiger partial charge < -0.3 is 19.0 Å². The topological polar surface area (TPSA) is 135 Å². The van der Waals surface area contributed by atoms with E-state index in [4.69, 9.17) is 30.6 Å². The van der Waals surface area contributed by atoms with Gasteiger partial charge in [-0.05, 0) is 42.5 Å². The molecule has 2 aromatic carbocycles. The Kier molecular flexibility index (Phi) is 5.06. The number of urea groups is 1. The second kappa shape index (κ2) is 8.09. The minimum absolute atomic E-state index is 0.0215. The molecule has 10 nitrogen and oxygen atoms in total. The van der Waals surface area contributed by atoms with Gasteiger partial charge in [0.15, 0.2) is 11.5 Å². The fourth-order valence-electron chi connectivity index (χ4n) is 3.49. The molecule has 0 saturated carbocycles. The van der Waals surface area contributed by atoms with E-state index in [0.717, 1.165) is 4.90 Å². The fourth-order valence-corrected chi connectivity index (χ4v) is 3.75. The molecule has 0 aliphatic carbocycles. The number of halogens is 1. The number of furan rings is 1. The third kappa shape index (κ3) is 3.65. The highest BCUT2D eigenvalue weighted by molar-refractivity contribution is 6.39. The summed E-state index contributed by atoms with van der Waals surface area (Å²) in [6.07, 6.45) is 1.21. The Morgan fingerprint density at radius 3 is 2.59 bits per heavy atom. The van der Waals surface area contributed by atoms with Gasteiger partial charge in [-0.15, -0.1) is 0 Å². The lowest BCUT2D eigenvalue weighted by molar-refractivity contribution is -0.122. The summed E-state index contributed by atoms with van der Waals surface area (Å²) in [4.78, 5) is 49.8. The van der Waals surface area contributed by atoms with Crippen LogP contribution < -0.4 is 19.7 Å². The van der Waals surface area contributed by atoms with E-state index < -0.39 is 23.8 Å². The Morgan fingerprint density at radius 1 is 1.03 bits per heavy atom. The monoisotopic (exact) mass is 480 g/mol. The molecule has 170 valence electrons. The van der Waals surface area contributed by atoms with Gasteiger partial charge in [0.2, 0.25) is 6.79 Å². The molecule has 34 heavy (non-hydrogen) atoms. The third-order valence-corrected chi connectivity index (χ3v) is 5.43. The predicted octanol–water partition coefficient (Wildman–Crippen LogP) is 3.69. The van der Waals surface area contributed by atoms with Gasteiger partial charge in [-0.1, -0.05) is 17.7 Å². The first-order chi connectivity index (χ1) is 16.3. The number of carboxylic acids is 1. The number of fused-ring (bicyclic) bond motifs is 1. The maximum Gasteiger partial charge on any atom is 0.337 e. The number of rotatable bonds is 4. The average Bonchev–Trinajstić information content (AvgIpc) is 3.45. The van der Waals surface area contributed by atoms with Crippen LogP contribution in [0.1, 0.15) is 16.1 Å². The van der Waals surface area contributed by atoms with E-state index in [0.29, 0.717) is 22.8 Å². The number of carbonyl (C=O) groups is 4. The first kappa shape index (κ1) is 21.3. The molecular weight excluding hydrogens is 468 g/mol. The highest BCUT2D eigenvalue weighted by Crippen LogP contribution is 2.36. The number of carbonyl (C=O) groups excluding carboxylic acids is 3. The largest absolute Gasteiger partial charge is 0.478 e. The Balaban J connectivity index is 1.45. The Labute approximate surface area is 195 Å². The standard InChI is InChI=1S/C23H13ClN2O8/c24-16-7-11(1-4-14(16)22(29)30)17-6-3-13(34-17)9-15-20(27)25-23(31)26(21(15)28)12-2-5-18-19(8-12)33-10-32-18/h1-9H,10H2,(H,29,30)(H,25,27,31)/b15-9-. The van der Waals surface area contributed by atoms with E-state index in [9.17, 15) is 19.2 Å². The van der Waals surface area contributed by atoms with Gasteiger partial charge in [0.1, 0.15) is 17.1 Å². The van der Waals surface area contributed by atoms with Crippen molar-refractivity contribution in [3.8, 4) is 22.8 Å². The molecule has 0 bridgehead atoms. The Hall–Kier alpha value is -4.57. The smallest absolute Gasteiger partial charge is 0.337 e. The summed E-state index contributed by atoms with van der Waals surface area (Å²) in [5.74, 6) is -1.56. The molecule has 0 spiro atoms. The number of barbiturate groups is 1. The number of hydrogen-bond donors (Lipinski definition) is 2. The average molecular weight is 481 g/mol. The van der Waals surface area contributed by atoms with Crippen LogP contribution in [0.2, 0.25) is 5.02 Å². The lowest BCUT2D eigenvalue weighted by Crippen LogP contribution is -2.54. The number of imide groups is 2. The van der Waals surface area contributed by atoms with Crippen LogP contribution >= 0.6 is 11.6 Å². The van der Waals surface area contributed by atoms with Crippen LogP contribution in [0.4, 0.5) is 10.5 Å². The number of ether oxygens (including phenoxy) is 2. The van der Waals surface area contributed by atoms with E-state index in [2.05, 4.69) is 5.32 Å². The van der Waals surface area contributed by atoms with E-state index in [1.54, 1.807) is 12.1 Å². The highest BCUT2D eigenvalue weighted by atomic mass is 35.5. The molecular formula is C23H13ClN2O8. The summed E-state index contributed by atoms with van der Waals surface area (Å²) in [5, 5.41) is 11.3. The maximum atomic E-state index is 13.1. The third-order valence-electron chi connectivity index (χ3n) is 5.11. The van der Waals surface area contributed by atoms with Gasteiger partial charge in [0.25, 0.3) is 11.8 Å². The van der Waals surface area contributed by atoms with Gasteiger partial charge >= 0.3 is 12.0 Å². The fraction of sp³-hybridized carbons (Fsp3) is 0.0435. The molecule has 1 aromatic heterocycles. The zero-order valence-electron chi connectivity index (χ0n) is 17.0. The summed E-state index contributed by atoms with van der Waals surface area (Å²) in [7, 11) is 0. The van der Waals surface area contributed by atoms with Crippen LogP contribution in [0, 0.1) is 0 Å². The van der Waals surface area contributed by atoms with Crippen molar-refractivity contribution in [3.05, 3.63) is 70.5 Å². The van der Waals surface area contributed by atoms with Crippen molar-refractivity contribution in [1.82, 2.24) is 5.32 Å². The number of anilines is 1. The number of aromatic carboxylic acids is 1. The normalized spacial score (nSPS) is 16.2. The zero-order valence-corrected chi connectivity index (χ0v) is 17.8. The van der Waals surface area contributed by atoms with Crippen LogP contribution in [0.3, 0.4) is 0 Å². The van der Waals surface area contributed by atoms with Crippen molar-refractivity contribution in [2.24, 2.45) is 0 Å². The first-order valence-electron chi connectivity index (χ1n) is 9.76. The van der Waals surface area contributed by atoms with Crippen molar-refractivity contribution in [2.75, 3.05) is 11.7 Å². The number of benzene rings is 2. The van der Waals surface area contributed by atoms with Gasteiger partial charge in [0.05, 0.1) is 16.3 Å². The summed E-state index contributed by atoms with van der Waals surface area (Å²) < 4.78 is 16.2. The number of nitrogens with zero attached hydrogens (tertiary/aromatic N) is 1. The molecule has 2 N–H and O–H groups in total. The molecule has 1 saturated heterocycles. The van der Waals surface area contributed by atoms with Crippen LogP contribution in [-0.2, 0) is 9.59 Å². The molecule has 3 aromatic rings. The number of carboxylic acid groups (broad SMARTS) is 1.